The lowest BCUT2D eigenvalue weighted by Gasteiger charge is -2.32. The Morgan fingerprint density at radius 3 is 2.43 bits per heavy atom. The summed E-state index contributed by atoms with van der Waals surface area (Å²) in [6.45, 7) is 2.25. The van der Waals surface area contributed by atoms with Crippen LogP contribution in [-0.4, -0.2) is 16.5 Å². The van der Waals surface area contributed by atoms with Crippen molar-refractivity contribution in [2.45, 2.75) is 38.1 Å². The van der Waals surface area contributed by atoms with Gasteiger partial charge in [0.15, 0.2) is 22.6 Å². The first-order valence-corrected chi connectivity index (χ1v) is 8.10. The number of hydrogen-bond acceptors (Lipinski definition) is 3. The van der Waals surface area contributed by atoms with E-state index in [1.807, 2.05) is 0 Å². The molecule has 0 aromatic heterocycles. The highest BCUT2D eigenvalue weighted by atomic mass is 32.2. The highest BCUT2D eigenvalue weighted by molar-refractivity contribution is 8.14. The van der Waals surface area contributed by atoms with Crippen molar-refractivity contribution in [2.24, 2.45) is 10.9 Å². The molecule has 0 saturated heterocycles. The van der Waals surface area contributed by atoms with Crippen LogP contribution in [0.25, 0.3) is 0 Å². The second-order valence-electron chi connectivity index (χ2n) is 5.99. The molecule has 1 N–H and O–H groups in total. The van der Waals surface area contributed by atoms with Crippen molar-refractivity contribution in [2.75, 3.05) is 11.1 Å². The number of aliphatic imine (C=N–C) groups is 1. The molecule has 0 radical (unpaired) electrons. The average Bonchev–Trinajstić information content (AvgIpc) is 2.83. The summed E-state index contributed by atoms with van der Waals surface area (Å²) in [7, 11) is 0. The molecule has 1 saturated carbocycles. The van der Waals surface area contributed by atoms with Gasteiger partial charge in [0.25, 0.3) is 0 Å². The zero-order valence-electron chi connectivity index (χ0n) is 11.8. The topological polar surface area (TPSA) is 24.4 Å². The maximum Gasteiger partial charge on any atom is 0.194 e. The third kappa shape index (κ3) is 3.05. The van der Waals surface area contributed by atoms with Crippen LogP contribution < -0.4 is 5.32 Å². The lowest BCUT2D eigenvalue weighted by Crippen LogP contribution is -2.32. The van der Waals surface area contributed by atoms with Gasteiger partial charge >= 0.3 is 0 Å². The summed E-state index contributed by atoms with van der Waals surface area (Å²) in [5.74, 6) is -2.19. The predicted molar refractivity (Wildman–Crippen MR) is 80.2 cm³/mol. The number of halogens is 3. The third-order valence-corrected chi connectivity index (χ3v) is 5.40. The number of rotatable bonds is 1. The lowest BCUT2D eigenvalue weighted by atomic mass is 9.79. The molecule has 2 nitrogen and oxygen atoms in total. The summed E-state index contributed by atoms with van der Waals surface area (Å²) < 4.78 is 39.3. The fourth-order valence-corrected chi connectivity index (χ4v) is 4.06. The first kappa shape index (κ1) is 14.8. The van der Waals surface area contributed by atoms with Crippen molar-refractivity contribution in [1.82, 2.24) is 0 Å². The van der Waals surface area contributed by atoms with Crippen LogP contribution in [0.5, 0.6) is 0 Å². The summed E-state index contributed by atoms with van der Waals surface area (Å²) in [6.07, 6.45) is 4.44. The number of benzene rings is 1. The van der Waals surface area contributed by atoms with Gasteiger partial charge in [-0.05, 0) is 31.6 Å². The van der Waals surface area contributed by atoms with Crippen molar-refractivity contribution in [3.8, 4) is 0 Å². The molecular weight excluding hydrogens is 297 g/mol. The number of thioether (sulfide) groups is 1. The minimum atomic E-state index is -1.45. The van der Waals surface area contributed by atoms with Crippen molar-refractivity contribution < 1.29 is 13.2 Å². The average molecular weight is 314 g/mol. The van der Waals surface area contributed by atoms with Crippen LogP contribution in [-0.2, 0) is 0 Å². The zero-order valence-corrected chi connectivity index (χ0v) is 12.6. The molecule has 21 heavy (non-hydrogen) atoms. The van der Waals surface area contributed by atoms with Gasteiger partial charge in [0.2, 0.25) is 0 Å². The van der Waals surface area contributed by atoms with Gasteiger partial charge < -0.3 is 5.32 Å². The van der Waals surface area contributed by atoms with Gasteiger partial charge in [0, 0.05) is 23.6 Å². The summed E-state index contributed by atoms with van der Waals surface area (Å²) >= 11 is 1.56. The molecule has 1 aliphatic carbocycles. The van der Waals surface area contributed by atoms with Crippen LogP contribution in [0.3, 0.4) is 0 Å². The molecule has 6 heteroatoms. The molecule has 3 rings (SSSR count). The van der Waals surface area contributed by atoms with Gasteiger partial charge in [-0.2, -0.15) is 0 Å². The van der Waals surface area contributed by atoms with Gasteiger partial charge in [0.1, 0.15) is 0 Å². The number of hydrogen-bond donors (Lipinski definition) is 1. The molecule has 1 aliphatic heterocycles. The Balaban J connectivity index is 1.74. The Morgan fingerprint density at radius 2 is 1.81 bits per heavy atom. The van der Waals surface area contributed by atoms with E-state index in [1.54, 1.807) is 11.8 Å². The SMILES string of the molecule is CC1CCC2(CC1)CSC(Nc1cc(F)c(F)c(F)c1)=N2. The summed E-state index contributed by atoms with van der Waals surface area (Å²) in [5.41, 5.74) is 0.162. The summed E-state index contributed by atoms with van der Waals surface area (Å²) in [5, 5.41) is 3.56. The molecule has 0 amide bonds. The van der Waals surface area contributed by atoms with E-state index in [1.165, 1.54) is 0 Å². The molecule has 0 unspecified atom stereocenters. The van der Waals surface area contributed by atoms with Gasteiger partial charge in [-0.3, -0.25) is 4.99 Å². The van der Waals surface area contributed by atoms with E-state index in [0.29, 0.717) is 5.17 Å². The third-order valence-electron chi connectivity index (χ3n) is 4.26. The number of nitrogens with zero attached hydrogens (tertiary/aromatic N) is 1. The van der Waals surface area contributed by atoms with E-state index in [4.69, 9.17) is 4.99 Å². The molecule has 1 heterocycles. The predicted octanol–water partition coefficient (Wildman–Crippen LogP) is 4.57. The second kappa shape index (κ2) is 5.55. The maximum atomic E-state index is 13.2. The molecule has 1 aromatic rings. The van der Waals surface area contributed by atoms with Crippen LogP contribution in [0.2, 0.25) is 0 Å². The van der Waals surface area contributed by atoms with Crippen LogP contribution in [0.1, 0.15) is 32.6 Å². The standard InChI is InChI=1S/C15H17F3N2S/c1-9-2-4-15(5-3-9)8-21-14(20-15)19-10-6-11(16)13(18)12(17)7-10/h6-7,9H,2-5,8H2,1H3,(H,19,20). The zero-order chi connectivity index (χ0) is 15.0. The molecule has 0 atom stereocenters. The quantitative estimate of drug-likeness (QED) is 0.768. The van der Waals surface area contributed by atoms with Crippen LogP contribution in [0.4, 0.5) is 18.9 Å². The number of amidine groups is 1. The van der Waals surface area contributed by atoms with Crippen molar-refractivity contribution in [1.29, 1.82) is 0 Å². The lowest BCUT2D eigenvalue weighted by molar-refractivity contribution is 0.273. The smallest absolute Gasteiger partial charge is 0.194 e. The fraction of sp³-hybridized carbons (Fsp3) is 0.533. The number of nitrogens with one attached hydrogen (secondary N) is 1. The Morgan fingerprint density at radius 1 is 1.19 bits per heavy atom. The highest BCUT2D eigenvalue weighted by Gasteiger charge is 2.38. The van der Waals surface area contributed by atoms with E-state index < -0.39 is 17.5 Å². The van der Waals surface area contributed by atoms with Crippen LogP contribution >= 0.6 is 11.8 Å². The Bertz CT molecular complexity index is 557. The molecule has 1 fully saturated rings. The van der Waals surface area contributed by atoms with E-state index in [2.05, 4.69) is 12.2 Å². The van der Waals surface area contributed by atoms with E-state index in [-0.39, 0.29) is 11.2 Å². The second-order valence-corrected chi connectivity index (χ2v) is 6.96. The van der Waals surface area contributed by atoms with E-state index >= 15 is 0 Å². The van der Waals surface area contributed by atoms with Gasteiger partial charge in [-0.15, -0.1) is 0 Å². The Labute approximate surface area is 126 Å². The van der Waals surface area contributed by atoms with Crippen LogP contribution in [0.15, 0.2) is 17.1 Å². The molecule has 114 valence electrons. The normalized spacial score (nSPS) is 28.8. The van der Waals surface area contributed by atoms with E-state index in [0.717, 1.165) is 49.5 Å². The minimum Gasteiger partial charge on any atom is -0.335 e. The first-order chi connectivity index (χ1) is 9.97. The molecule has 2 aliphatic rings. The van der Waals surface area contributed by atoms with Crippen molar-refractivity contribution in [3.05, 3.63) is 29.6 Å². The molecule has 0 bridgehead atoms. The van der Waals surface area contributed by atoms with Crippen molar-refractivity contribution >= 4 is 22.6 Å². The molecule has 1 aromatic carbocycles. The minimum absolute atomic E-state index is 0.0311. The summed E-state index contributed by atoms with van der Waals surface area (Å²) in [4.78, 5) is 4.72. The van der Waals surface area contributed by atoms with Gasteiger partial charge in [-0.1, -0.05) is 18.7 Å². The molecule has 1 spiro atoms. The number of anilines is 1. The Kier molecular flexibility index (Phi) is 3.90. The van der Waals surface area contributed by atoms with Crippen LogP contribution in [0, 0.1) is 23.4 Å². The molecular formula is C15H17F3N2S. The Hall–Kier alpha value is -1.17. The van der Waals surface area contributed by atoms with Gasteiger partial charge in [0.05, 0.1) is 5.54 Å². The highest BCUT2D eigenvalue weighted by Crippen LogP contribution is 2.41. The van der Waals surface area contributed by atoms with E-state index in [9.17, 15) is 13.2 Å². The monoisotopic (exact) mass is 314 g/mol. The largest absolute Gasteiger partial charge is 0.335 e. The first-order valence-electron chi connectivity index (χ1n) is 7.12. The fourth-order valence-electron chi connectivity index (χ4n) is 2.85. The van der Waals surface area contributed by atoms with Crippen molar-refractivity contribution in [3.63, 3.8) is 0 Å². The van der Waals surface area contributed by atoms with Gasteiger partial charge in [-0.25, -0.2) is 13.2 Å². The maximum absolute atomic E-state index is 13.2. The summed E-state index contributed by atoms with van der Waals surface area (Å²) in [6, 6.07) is 1.91.